The first kappa shape index (κ1) is 17.3. The molecule has 2 unspecified atom stereocenters. The third-order valence-corrected chi connectivity index (χ3v) is 4.61. The normalized spacial score (nSPS) is 17.3. The van der Waals surface area contributed by atoms with Crippen molar-refractivity contribution in [1.82, 2.24) is 10.6 Å². The zero-order valence-electron chi connectivity index (χ0n) is 14.4. The minimum Gasteiger partial charge on any atom is -0.497 e. The van der Waals surface area contributed by atoms with Gasteiger partial charge >= 0.3 is 6.03 Å². The van der Waals surface area contributed by atoms with Crippen LogP contribution in [-0.2, 0) is 6.42 Å². The maximum Gasteiger partial charge on any atom is 0.315 e. The van der Waals surface area contributed by atoms with E-state index < -0.39 is 6.10 Å². The van der Waals surface area contributed by atoms with Crippen molar-refractivity contribution in [2.45, 2.75) is 31.4 Å². The van der Waals surface area contributed by atoms with Crippen LogP contribution in [0.5, 0.6) is 5.75 Å². The van der Waals surface area contributed by atoms with E-state index in [-0.39, 0.29) is 18.6 Å². The number of ether oxygens (including phenoxy) is 1. The number of fused-ring (bicyclic) bond motifs is 1. The lowest BCUT2D eigenvalue weighted by molar-refractivity contribution is 0.172. The lowest BCUT2D eigenvalue weighted by Crippen LogP contribution is -2.40. The fourth-order valence-electron chi connectivity index (χ4n) is 3.27. The van der Waals surface area contributed by atoms with Gasteiger partial charge in [-0.15, -0.1) is 0 Å². The van der Waals surface area contributed by atoms with E-state index in [2.05, 4.69) is 22.8 Å². The Balaban J connectivity index is 1.55. The summed E-state index contributed by atoms with van der Waals surface area (Å²) in [5, 5.41) is 16.0. The number of benzene rings is 2. The number of aliphatic hydroxyl groups excluding tert-OH is 1. The molecule has 25 heavy (non-hydrogen) atoms. The van der Waals surface area contributed by atoms with Crippen molar-refractivity contribution >= 4 is 6.03 Å². The standard InChI is InChI=1S/C20H24N2O3/c1-25-16-9-4-8-15(12-16)19(23)13-21-20(24)22-18-11-5-7-14-6-2-3-10-17(14)18/h2-4,6,8-10,12,18-19,23H,5,7,11,13H2,1H3,(H2,21,22,24). The fraction of sp³-hybridized carbons (Fsp3) is 0.350. The first-order valence-corrected chi connectivity index (χ1v) is 8.61. The van der Waals surface area contributed by atoms with Crippen molar-refractivity contribution in [3.8, 4) is 5.75 Å². The van der Waals surface area contributed by atoms with Gasteiger partial charge in [0.2, 0.25) is 0 Å². The van der Waals surface area contributed by atoms with Gasteiger partial charge in [-0.25, -0.2) is 4.79 Å². The number of aryl methyl sites for hydroxylation is 1. The monoisotopic (exact) mass is 340 g/mol. The third kappa shape index (κ3) is 4.31. The molecule has 2 aromatic carbocycles. The Morgan fingerprint density at radius 2 is 2.12 bits per heavy atom. The van der Waals surface area contributed by atoms with Gasteiger partial charge in [0, 0.05) is 6.54 Å². The Morgan fingerprint density at radius 1 is 1.28 bits per heavy atom. The summed E-state index contributed by atoms with van der Waals surface area (Å²) in [7, 11) is 1.58. The lowest BCUT2D eigenvalue weighted by atomic mass is 9.88. The fourth-order valence-corrected chi connectivity index (χ4v) is 3.27. The van der Waals surface area contributed by atoms with E-state index in [0.717, 1.165) is 19.3 Å². The van der Waals surface area contributed by atoms with Crippen LogP contribution < -0.4 is 15.4 Å². The van der Waals surface area contributed by atoms with Crippen LogP contribution in [0, 0.1) is 0 Å². The minimum absolute atomic E-state index is 0.0268. The molecular weight excluding hydrogens is 316 g/mol. The number of carbonyl (C=O) groups excluding carboxylic acids is 1. The molecule has 2 amide bonds. The number of aliphatic hydroxyl groups is 1. The predicted molar refractivity (Wildman–Crippen MR) is 96.6 cm³/mol. The van der Waals surface area contributed by atoms with E-state index in [1.807, 2.05) is 30.3 Å². The van der Waals surface area contributed by atoms with Crippen LogP contribution >= 0.6 is 0 Å². The molecule has 0 aromatic heterocycles. The van der Waals surface area contributed by atoms with E-state index in [1.54, 1.807) is 13.2 Å². The maximum absolute atomic E-state index is 12.2. The number of carbonyl (C=O) groups is 1. The van der Waals surface area contributed by atoms with Crippen molar-refractivity contribution in [2.24, 2.45) is 0 Å². The van der Waals surface area contributed by atoms with Gasteiger partial charge in [-0.2, -0.15) is 0 Å². The van der Waals surface area contributed by atoms with E-state index in [9.17, 15) is 9.90 Å². The first-order chi connectivity index (χ1) is 12.2. The molecule has 132 valence electrons. The molecule has 2 atom stereocenters. The second kappa shape index (κ2) is 8.03. The van der Waals surface area contributed by atoms with Crippen molar-refractivity contribution in [2.75, 3.05) is 13.7 Å². The molecule has 2 aromatic rings. The Kier molecular flexibility index (Phi) is 5.56. The highest BCUT2D eigenvalue weighted by molar-refractivity contribution is 5.74. The first-order valence-electron chi connectivity index (χ1n) is 8.61. The summed E-state index contributed by atoms with van der Waals surface area (Å²) in [6.45, 7) is 0.146. The molecule has 3 N–H and O–H groups in total. The molecule has 0 spiro atoms. The molecule has 1 aliphatic carbocycles. The second-order valence-corrected chi connectivity index (χ2v) is 6.29. The molecule has 0 saturated carbocycles. The molecule has 0 aliphatic heterocycles. The summed E-state index contributed by atoms with van der Waals surface area (Å²) >= 11 is 0. The van der Waals surface area contributed by atoms with Crippen LogP contribution in [0.4, 0.5) is 4.79 Å². The number of amides is 2. The van der Waals surface area contributed by atoms with Gasteiger partial charge in [0.25, 0.3) is 0 Å². The minimum atomic E-state index is -0.778. The lowest BCUT2D eigenvalue weighted by Gasteiger charge is -2.26. The zero-order chi connectivity index (χ0) is 17.6. The van der Waals surface area contributed by atoms with Gasteiger partial charge in [0.15, 0.2) is 0 Å². The molecule has 0 heterocycles. The van der Waals surface area contributed by atoms with Crippen molar-refractivity contribution in [3.63, 3.8) is 0 Å². The van der Waals surface area contributed by atoms with E-state index in [1.165, 1.54) is 11.1 Å². The van der Waals surface area contributed by atoms with Crippen LogP contribution in [0.1, 0.15) is 41.7 Å². The maximum atomic E-state index is 12.2. The molecule has 0 radical (unpaired) electrons. The quantitative estimate of drug-likeness (QED) is 0.783. The third-order valence-electron chi connectivity index (χ3n) is 4.61. The van der Waals surface area contributed by atoms with Crippen LogP contribution in [-0.4, -0.2) is 24.8 Å². The van der Waals surface area contributed by atoms with Gasteiger partial charge in [-0.3, -0.25) is 0 Å². The van der Waals surface area contributed by atoms with E-state index >= 15 is 0 Å². The van der Waals surface area contributed by atoms with Crippen LogP contribution in [0.3, 0.4) is 0 Å². The van der Waals surface area contributed by atoms with Gasteiger partial charge in [0.1, 0.15) is 5.75 Å². The summed E-state index contributed by atoms with van der Waals surface area (Å²) in [5.74, 6) is 0.680. The largest absolute Gasteiger partial charge is 0.497 e. The molecule has 0 bridgehead atoms. The van der Waals surface area contributed by atoms with Gasteiger partial charge in [-0.05, 0) is 48.1 Å². The number of urea groups is 1. The number of nitrogens with one attached hydrogen (secondary N) is 2. The van der Waals surface area contributed by atoms with Crippen LogP contribution in [0.25, 0.3) is 0 Å². The van der Waals surface area contributed by atoms with Gasteiger partial charge in [-0.1, -0.05) is 36.4 Å². The second-order valence-electron chi connectivity index (χ2n) is 6.29. The summed E-state index contributed by atoms with van der Waals surface area (Å²) in [5.41, 5.74) is 3.20. The van der Waals surface area contributed by atoms with Crippen molar-refractivity contribution in [1.29, 1.82) is 0 Å². The molecule has 0 fully saturated rings. The summed E-state index contributed by atoms with van der Waals surface area (Å²) in [4.78, 5) is 12.2. The zero-order valence-corrected chi connectivity index (χ0v) is 14.4. The highest BCUT2D eigenvalue weighted by Crippen LogP contribution is 2.29. The molecule has 1 aliphatic rings. The summed E-state index contributed by atoms with van der Waals surface area (Å²) < 4.78 is 5.15. The Bertz CT molecular complexity index is 732. The predicted octanol–water partition coefficient (Wildman–Crippen LogP) is 3.11. The Hall–Kier alpha value is -2.53. The van der Waals surface area contributed by atoms with Crippen molar-refractivity contribution < 1.29 is 14.6 Å². The number of hydrogen-bond donors (Lipinski definition) is 3. The van der Waals surface area contributed by atoms with E-state index in [0.29, 0.717) is 11.3 Å². The van der Waals surface area contributed by atoms with E-state index in [4.69, 9.17) is 4.74 Å². The highest BCUT2D eigenvalue weighted by atomic mass is 16.5. The SMILES string of the molecule is COc1cccc(C(O)CNC(=O)NC2CCCc3ccccc32)c1. The van der Waals surface area contributed by atoms with Crippen LogP contribution in [0.15, 0.2) is 48.5 Å². The van der Waals surface area contributed by atoms with Crippen LogP contribution in [0.2, 0.25) is 0 Å². The molecule has 5 heteroatoms. The summed E-state index contributed by atoms with van der Waals surface area (Å²) in [6, 6.07) is 15.2. The average Bonchev–Trinajstić information content (AvgIpc) is 2.66. The Morgan fingerprint density at radius 3 is 2.96 bits per heavy atom. The van der Waals surface area contributed by atoms with Gasteiger partial charge < -0.3 is 20.5 Å². The Labute approximate surface area is 148 Å². The molecular formula is C20H24N2O3. The molecule has 0 saturated heterocycles. The van der Waals surface area contributed by atoms with Crippen molar-refractivity contribution in [3.05, 3.63) is 65.2 Å². The number of methoxy groups -OCH3 is 1. The smallest absolute Gasteiger partial charge is 0.315 e. The summed E-state index contributed by atoms with van der Waals surface area (Å²) in [6.07, 6.45) is 2.28. The highest BCUT2D eigenvalue weighted by Gasteiger charge is 2.21. The average molecular weight is 340 g/mol. The number of rotatable bonds is 5. The topological polar surface area (TPSA) is 70.6 Å². The molecule has 3 rings (SSSR count). The molecule has 5 nitrogen and oxygen atoms in total. The van der Waals surface area contributed by atoms with Gasteiger partial charge in [0.05, 0.1) is 19.3 Å². The number of hydrogen-bond acceptors (Lipinski definition) is 3.